The number of carbonyl (C=O) groups excluding carboxylic acids is 2. The number of amides is 2. The Hall–Kier alpha value is -3.93. The standard InChI is InChI=1S/C36H48N4O6S/c1-37(2)35(43)46-29-36(32-15-9-5-10-16-32,28-38(3)47(44,45)33-17-11-6-12-18-33)22-26-39-23-19-30(20-24-39)21-25-40(34(41)42)27-31-13-7-4-8-14-31/h4-18,30H,19-29H2,1-3H3,(H,41,42)/p-1. The summed E-state index contributed by atoms with van der Waals surface area (Å²) in [6.07, 6.45) is 1.55. The van der Waals surface area contributed by atoms with E-state index >= 15 is 0 Å². The number of piperidine rings is 1. The van der Waals surface area contributed by atoms with Crippen LogP contribution in [-0.4, -0.2) is 100 Å². The van der Waals surface area contributed by atoms with Crippen LogP contribution in [0, 0.1) is 5.92 Å². The first kappa shape index (κ1) is 35.9. The van der Waals surface area contributed by atoms with Crippen LogP contribution >= 0.6 is 0 Å². The molecular formula is C36H47N4O6S-. The SMILES string of the molecule is CN(C)C(=O)OCC(CCN1CCC(CCN(Cc2ccccc2)C(=O)[O-])CC1)(CN(C)S(=O)(=O)c1ccccc1)c1ccccc1. The normalized spacial score (nSPS) is 15.6. The average Bonchev–Trinajstić information content (AvgIpc) is 3.09. The Bertz CT molecular complexity index is 1520. The minimum Gasteiger partial charge on any atom is -0.530 e. The lowest BCUT2D eigenvalue weighted by molar-refractivity contribution is -0.266. The van der Waals surface area contributed by atoms with Gasteiger partial charge in [-0.15, -0.1) is 0 Å². The molecule has 0 radical (unpaired) electrons. The maximum atomic E-state index is 13.6. The average molecular weight is 664 g/mol. The molecule has 11 heteroatoms. The molecule has 0 N–H and O–H groups in total. The Morgan fingerprint density at radius 3 is 2.04 bits per heavy atom. The fourth-order valence-corrected chi connectivity index (χ4v) is 7.45. The maximum Gasteiger partial charge on any atom is 0.409 e. The van der Waals surface area contributed by atoms with Gasteiger partial charge >= 0.3 is 6.09 Å². The first-order chi connectivity index (χ1) is 22.5. The fraction of sp³-hybridized carbons (Fsp3) is 0.444. The van der Waals surface area contributed by atoms with Crippen molar-refractivity contribution in [3.05, 3.63) is 102 Å². The number of likely N-dealkylation sites (tertiary alicyclic amines) is 1. The third-order valence-corrected chi connectivity index (χ3v) is 10.9. The fourth-order valence-electron chi connectivity index (χ4n) is 6.17. The largest absolute Gasteiger partial charge is 0.530 e. The number of sulfonamides is 1. The Kier molecular flexibility index (Phi) is 12.8. The summed E-state index contributed by atoms with van der Waals surface area (Å²) in [5.41, 5.74) is 1.02. The summed E-state index contributed by atoms with van der Waals surface area (Å²) in [6.45, 7) is 3.24. The lowest BCUT2D eigenvalue weighted by Gasteiger charge is -2.40. The van der Waals surface area contributed by atoms with Gasteiger partial charge in [-0.25, -0.2) is 13.2 Å². The number of carbonyl (C=O) groups is 2. The second-order valence-electron chi connectivity index (χ2n) is 12.7. The highest BCUT2D eigenvalue weighted by Crippen LogP contribution is 2.33. The van der Waals surface area contributed by atoms with Gasteiger partial charge in [0.25, 0.3) is 0 Å². The molecule has 4 rings (SSSR count). The van der Waals surface area contributed by atoms with Gasteiger partial charge in [0.15, 0.2) is 0 Å². The van der Waals surface area contributed by atoms with E-state index in [2.05, 4.69) is 4.90 Å². The van der Waals surface area contributed by atoms with E-state index in [0.717, 1.165) is 43.5 Å². The van der Waals surface area contributed by atoms with Gasteiger partial charge in [0, 0.05) is 46.2 Å². The highest BCUT2D eigenvalue weighted by molar-refractivity contribution is 7.89. The summed E-state index contributed by atoms with van der Waals surface area (Å²) < 4.78 is 34.4. The number of benzene rings is 3. The van der Waals surface area contributed by atoms with Crippen LogP contribution in [0.4, 0.5) is 9.59 Å². The van der Waals surface area contributed by atoms with Crippen LogP contribution in [0.15, 0.2) is 95.9 Å². The molecule has 0 aliphatic carbocycles. The molecule has 1 saturated heterocycles. The molecule has 1 aliphatic rings. The monoisotopic (exact) mass is 663 g/mol. The highest BCUT2D eigenvalue weighted by atomic mass is 32.2. The first-order valence-electron chi connectivity index (χ1n) is 16.1. The summed E-state index contributed by atoms with van der Waals surface area (Å²) in [5.74, 6) is 0.394. The molecule has 2 amide bonds. The van der Waals surface area contributed by atoms with E-state index < -0.39 is 27.6 Å². The van der Waals surface area contributed by atoms with Crippen molar-refractivity contribution >= 4 is 22.2 Å². The molecule has 1 heterocycles. The number of rotatable bonds is 15. The number of hydrogen-bond donors (Lipinski definition) is 0. The van der Waals surface area contributed by atoms with Gasteiger partial charge in [-0.1, -0.05) is 78.9 Å². The van der Waals surface area contributed by atoms with Gasteiger partial charge in [-0.2, -0.15) is 4.31 Å². The van der Waals surface area contributed by atoms with Crippen molar-refractivity contribution in [1.82, 2.24) is 19.0 Å². The lowest BCUT2D eigenvalue weighted by atomic mass is 9.77. The Balaban J connectivity index is 1.45. The van der Waals surface area contributed by atoms with Crippen molar-refractivity contribution in [3.8, 4) is 0 Å². The number of hydrogen-bond acceptors (Lipinski definition) is 7. The second kappa shape index (κ2) is 16.8. The summed E-state index contributed by atoms with van der Waals surface area (Å²) in [7, 11) is 1.01. The van der Waals surface area contributed by atoms with Crippen molar-refractivity contribution < 1.29 is 27.9 Å². The van der Waals surface area contributed by atoms with Crippen LogP contribution in [0.2, 0.25) is 0 Å². The quantitative estimate of drug-likeness (QED) is 0.239. The van der Waals surface area contributed by atoms with E-state index in [9.17, 15) is 23.1 Å². The molecule has 1 atom stereocenters. The molecule has 0 aromatic heterocycles. The van der Waals surface area contributed by atoms with Crippen molar-refractivity contribution in [2.24, 2.45) is 5.92 Å². The van der Waals surface area contributed by atoms with Crippen LogP contribution in [-0.2, 0) is 26.7 Å². The van der Waals surface area contributed by atoms with E-state index in [1.807, 2.05) is 60.7 Å². The number of carboxylic acid groups (broad SMARTS) is 1. The number of likely N-dealkylation sites (N-methyl/N-ethyl adjacent to an activating group) is 1. The lowest BCUT2D eigenvalue weighted by Crippen LogP contribution is -2.48. The predicted molar refractivity (Wildman–Crippen MR) is 180 cm³/mol. The molecule has 10 nitrogen and oxygen atoms in total. The van der Waals surface area contributed by atoms with Crippen LogP contribution in [0.3, 0.4) is 0 Å². The zero-order valence-corrected chi connectivity index (χ0v) is 28.5. The minimum atomic E-state index is -3.81. The highest BCUT2D eigenvalue weighted by Gasteiger charge is 2.39. The Labute approximate surface area is 279 Å². The van der Waals surface area contributed by atoms with Crippen LogP contribution < -0.4 is 5.11 Å². The third-order valence-electron chi connectivity index (χ3n) is 9.10. The predicted octanol–water partition coefficient (Wildman–Crippen LogP) is 4.28. The molecule has 1 fully saturated rings. The van der Waals surface area contributed by atoms with Crippen LogP contribution in [0.25, 0.3) is 0 Å². The minimum absolute atomic E-state index is 0.0135. The van der Waals surface area contributed by atoms with Gasteiger partial charge in [0.2, 0.25) is 10.0 Å². The molecule has 254 valence electrons. The van der Waals surface area contributed by atoms with E-state index in [-0.39, 0.29) is 18.0 Å². The topological polar surface area (TPSA) is 114 Å². The molecule has 1 unspecified atom stereocenters. The maximum absolute atomic E-state index is 13.6. The molecule has 0 bridgehead atoms. The van der Waals surface area contributed by atoms with E-state index in [0.29, 0.717) is 32.0 Å². The van der Waals surface area contributed by atoms with Crippen LogP contribution in [0.1, 0.15) is 36.8 Å². The summed E-state index contributed by atoms with van der Waals surface area (Å²) in [4.78, 5) is 29.8. The van der Waals surface area contributed by atoms with Crippen LogP contribution in [0.5, 0.6) is 0 Å². The summed E-state index contributed by atoms with van der Waals surface area (Å²) in [6, 6.07) is 27.6. The van der Waals surface area contributed by atoms with Crippen molar-refractivity contribution in [3.63, 3.8) is 0 Å². The molecule has 1 aliphatic heterocycles. The van der Waals surface area contributed by atoms with Gasteiger partial charge in [-0.05, 0) is 74.5 Å². The van der Waals surface area contributed by atoms with Gasteiger partial charge in [-0.3, -0.25) is 0 Å². The second-order valence-corrected chi connectivity index (χ2v) is 14.7. The molecular weight excluding hydrogens is 616 g/mol. The van der Waals surface area contributed by atoms with Gasteiger partial charge < -0.3 is 29.3 Å². The van der Waals surface area contributed by atoms with Gasteiger partial charge in [0.05, 0.1) is 4.90 Å². The molecule has 0 saturated carbocycles. The Morgan fingerprint density at radius 2 is 1.47 bits per heavy atom. The number of ether oxygens (including phenoxy) is 1. The van der Waals surface area contributed by atoms with E-state index in [1.165, 1.54) is 14.1 Å². The number of nitrogens with zero attached hydrogens (tertiary/aromatic N) is 4. The zero-order chi connectivity index (χ0) is 33.9. The molecule has 3 aromatic rings. The molecule has 0 spiro atoms. The molecule has 3 aromatic carbocycles. The first-order valence-corrected chi connectivity index (χ1v) is 17.6. The smallest absolute Gasteiger partial charge is 0.409 e. The van der Waals surface area contributed by atoms with Crippen molar-refractivity contribution in [2.75, 3.05) is 60.5 Å². The van der Waals surface area contributed by atoms with Crippen molar-refractivity contribution in [1.29, 1.82) is 0 Å². The summed E-state index contributed by atoms with van der Waals surface area (Å²) >= 11 is 0. The van der Waals surface area contributed by atoms with Gasteiger partial charge in [0.1, 0.15) is 12.7 Å². The van der Waals surface area contributed by atoms with E-state index in [4.69, 9.17) is 4.74 Å². The zero-order valence-electron chi connectivity index (χ0n) is 27.7. The molecule has 47 heavy (non-hydrogen) atoms. The van der Waals surface area contributed by atoms with Crippen molar-refractivity contribution in [2.45, 2.75) is 42.5 Å². The van der Waals surface area contributed by atoms with E-state index in [1.54, 1.807) is 51.5 Å². The summed E-state index contributed by atoms with van der Waals surface area (Å²) in [5, 5.41) is 11.8. The third kappa shape index (κ3) is 10.0. The Morgan fingerprint density at radius 1 is 0.894 bits per heavy atom.